The van der Waals surface area contributed by atoms with Gasteiger partial charge in [0.1, 0.15) is 11.4 Å². The van der Waals surface area contributed by atoms with Gasteiger partial charge in [-0.15, -0.1) is 0 Å². The maximum Gasteiger partial charge on any atom is 0.256 e. The molecule has 9 heteroatoms. The molecule has 5 rings (SSSR count). The summed E-state index contributed by atoms with van der Waals surface area (Å²) in [5.74, 6) is -0.571. The highest BCUT2D eigenvalue weighted by molar-refractivity contribution is 6.33. The maximum absolute atomic E-state index is 13.5. The third-order valence-electron chi connectivity index (χ3n) is 6.74. The van der Waals surface area contributed by atoms with E-state index >= 15 is 0 Å². The van der Waals surface area contributed by atoms with E-state index in [0.29, 0.717) is 36.3 Å². The van der Waals surface area contributed by atoms with E-state index in [1.165, 1.54) is 18.3 Å². The highest BCUT2D eigenvalue weighted by atomic mass is 35.5. The quantitative estimate of drug-likeness (QED) is 0.647. The van der Waals surface area contributed by atoms with Gasteiger partial charge in [-0.3, -0.25) is 9.59 Å². The molecule has 1 aromatic carbocycles. The first-order valence-corrected chi connectivity index (χ1v) is 11.2. The van der Waals surface area contributed by atoms with E-state index in [4.69, 9.17) is 11.6 Å². The van der Waals surface area contributed by atoms with Gasteiger partial charge in [-0.2, -0.15) is 5.10 Å². The zero-order chi connectivity index (χ0) is 22.3. The average Bonchev–Trinajstić information content (AvgIpc) is 3.22. The second-order valence-corrected chi connectivity index (χ2v) is 9.04. The van der Waals surface area contributed by atoms with Gasteiger partial charge in [-0.1, -0.05) is 11.6 Å². The van der Waals surface area contributed by atoms with Gasteiger partial charge in [0.2, 0.25) is 5.91 Å². The van der Waals surface area contributed by atoms with Crippen molar-refractivity contribution in [3.63, 3.8) is 0 Å². The number of hydrogen-bond acceptors (Lipinski definition) is 4. The Bertz CT molecular complexity index is 1190. The Morgan fingerprint density at radius 2 is 2.06 bits per heavy atom. The number of nitrogens with zero attached hydrogens (tertiary/aromatic N) is 4. The van der Waals surface area contributed by atoms with E-state index < -0.39 is 11.2 Å². The van der Waals surface area contributed by atoms with Gasteiger partial charge in [0.25, 0.3) is 5.91 Å². The molecule has 1 spiro atoms. The summed E-state index contributed by atoms with van der Waals surface area (Å²) in [5.41, 5.74) is 1.07. The third-order valence-corrected chi connectivity index (χ3v) is 7.04. The molecule has 3 heterocycles. The molecule has 0 radical (unpaired) electrons. The predicted molar refractivity (Wildman–Crippen MR) is 118 cm³/mol. The summed E-state index contributed by atoms with van der Waals surface area (Å²) in [6.07, 6.45) is 9.41. The molecule has 32 heavy (non-hydrogen) atoms. The molecule has 2 aliphatic rings. The number of hydrogen-bond donors (Lipinski definition) is 1. The molecule has 0 unspecified atom stereocenters. The number of amides is 2. The lowest BCUT2D eigenvalue weighted by atomic mass is 9.67. The monoisotopic (exact) mass is 455 g/mol. The number of nitrogens with one attached hydrogen (secondary N) is 1. The number of rotatable bonds is 3. The van der Waals surface area contributed by atoms with Crippen LogP contribution in [-0.4, -0.2) is 39.0 Å². The van der Waals surface area contributed by atoms with Gasteiger partial charge < -0.3 is 10.2 Å². The van der Waals surface area contributed by atoms with Crippen LogP contribution >= 0.6 is 11.6 Å². The number of carbonyl (C=O) groups excluding carboxylic acids is 2. The van der Waals surface area contributed by atoms with E-state index in [-0.39, 0.29) is 22.9 Å². The summed E-state index contributed by atoms with van der Waals surface area (Å²) < 4.78 is 15.0. The first kappa shape index (κ1) is 20.9. The molecule has 0 atom stereocenters. The summed E-state index contributed by atoms with van der Waals surface area (Å²) in [6, 6.07) is 5.89. The molecule has 1 aliphatic carbocycles. The van der Waals surface area contributed by atoms with Crippen LogP contribution in [0.1, 0.15) is 48.9 Å². The molecule has 1 saturated carbocycles. The van der Waals surface area contributed by atoms with Crippen molar-refractivity contribution >= 4 is 34.7 Å². The minimum atomic E-state index is -0.455. The lowest BCUT2D eigenvalue weighted by Gasteiger charge is -2.45. The third kappa shape index (κ3) is 3.62. The van der Waals surface area contributed by atoms with Crippen LogP contribution in [0.5, 0.6) is 0 Å². The summed E-state index contributed by atoms with van der Waals surface area (Å²) in [4.78, 5) is 32.2. The molecule has 1 saturated heterocycles. The minimum absolute atomic E-state index is 0.00984. The average molecular weight is 456 g/mol. The van der Waals surface area contributed by atoms with Crippen molar-refractivity contribution in [2.24, 2.45) is 5.41 Å². The highest BCUT2D eigenvalue weighted by Crippen LogP contribution is 2.46. The first-order chi connectivity index (χ1) is 15.5. The second-order valence-electron chi connectivity index (χ2n) is 8.63. The van der Waals surface area contributed by atoms with Gasteiger partial charge in [0.05, 0.1) is 16.9 Å². The van der Waals surface area contributed by atoms with Crippen molar-refractivity contribution in [1.82, 2.24) is 19.9 Å². The number of fused-ring (bicyclic) bond motifs is 1. The normalized spacial score (nSPS) is 23.6. The molecule has 7 nitrogen and oxygen atoms in total. The number of carbonyl (C=O) groups is 2. The van der Waals surface area contributed by atoms with Crippen LogP contribution in [0.4, 0.5) is 10.1 Å². The minimum Gasteiger partial charge on any atom is -0.349 e. The van der Waals surface area contributed by atoms with E-state index in [1.54, 1.807) is 33.9 Å². The van der Waals surface area contributed by atoms with Crippen molar-refractivity contribution in [2.75, 3.05) is 11.4 Å². The van der Waals surface area contributed by atoms with Gasteiger partial charge in [0, 0.05) is 30.4 Å². The lowest BCUT2D eigenvalue weighted by molar-refractivity contribution is -0.132. The number of aromatic nitrogens is 3. The van der Waals surface area contributed by atoms with Crippen LogP contribution < -0.4 is 10.2 Å². The lowest BCUT2D eigenvalue weighted by Crippen LogP contribution is -2.52. The molecule has 2 aromatic heterocycles. The molecular formula is C23H23ClFN5O2. The summed E-state index contributed by atoms with van der Waals surface area (Å²) >= 11 is 6.23. The summed E-state index contributed by atoms with van der Waals surface area (Å²) in [7, 11) is 0. The Morgan fingerprint density at radius 1 is 1.25 bits per heavy atom. The van der Waals surface area contributed by atoms with Crippen LogP contribution in [0, 0.1) is 11.2 Å². The van der Waals surface area contributed by atoms with E-state index in [2.05, 4.69) is 15.4 Å². The number of halogens is 2. The topological polar surface area (TPSA) is 79.6 Å². The fraction of sp³-hybridized carbons (Fsp3) is 0.391. The van der Waals surface area contributed by atoms with Gasteiger partial charge in [-0.05, 0) is 62.8 Å². The summed E-state index contributed by atoms with van der Waals surface area (Å²) in [6.45, 7) is 0.577. The van der Waals surface area contributed by atoms with Crippen LogP contribution in [-0.2, 0) is 4.79 Å². The van der Waals surface area contributed by atoms with Crippen molar-refractivity contribution in [3.05, 3.63) is 59.3 Å². The largest absolute Gasteiger partial charge is 0.349 e. The molecule has 2 amide bonds. The van der Waals surface area contributed by atoms with E-state index in [1.807, 2.05) is 0 Å². The van der Waals surface area contributed by atoms with E-state index in [9.17, 15) is 14.0 Å². The molecule has 166 valence electrons. The fourth-order valence-electron chi connectivity index (χ4n) is 5.03. The Balaban J connectivity index is 1.27. The number of anilines is 1. The van der Waals surface area contributed by atoms with Crippen molar-refractivity contribution < 1.29 is 14.0 Å². The highest BCUT2D eigenvalue weighted by Gasteiger charge is 2.46. The van der Waals surface area contributed by atoms with Gasteiger partial charge in [-0.25, -0.2) is 13.9 Å². The predicted octanol–water partition coefficient (Wildman–Crippen LogP) is 4.01. The number of piperidine rings is 1. The standard InChI is InChI=1S/C23H23ClFN5O2/c24-18-13-15(25)3-4-19(18)29-11-1-7-23(22(29)32)8-5-16(6-9-23)28-21(31)17-14-27-30-12-2-10-26-20(17)30/h2-4,10,12-14,16H,1,5-9,11H2,(H,28,31). The zero-order valence-corrected chi connectivity index (χ0v) is 18.2. The van der Waals surface area contributed by atoms with Crippen LogP contribution in [0.15, 0.2) is 42.9 Å². The Kier molecular flexibility index (Phi) is 5.33. The summed E-state index contributed by atoms with van der Waals surface area (Å²) in [5, 5.41) is 7.51. The molecule has 3 aromatic rings. The molecule has 2 fully saturated rings. The first-order valence-electron chi connectivity index (χ1n) is 10.8. The Hall–Kier alpha value is -3.00. The molecular weight excluding hydrogens is 433 g/mol. The van der Waals surface area contributed by atoms with E-state index in [0.717, 1.165) is 25.7 Å². The van der Waals surface area contributed by atoms with Crippen LogP contribution in [0.2, 0.25) is 5.02 Å². The smallest absolute Gasteiger partial charge is 0.256 e. The molecule has 1 N–H and O–H groups in total. The van der Waals surface area contributed by atoms with Crippen molar-refractivity contribution in [3.8, 4) is 0 Å². The molecule has 1 aliphatic heterocycles. The van der Waals surface area contributed by atoms with Gasteiger partial charge in [0.15, 0.2) is 5.65 Å². The fourth-order valence-corrected chi connectivity index (χ4v) is 5.30. The van der Waals surface area contributed by atoms with Crippen LogP contribution in [0.3, 0.4) is 0 Å². The number of benzene rings is 1. The van der Waals surface area contributed by atoms with Gasteiger partial charge >= 0.3 is 0 Å². The Morgan fingerprint density at radius 3 is 2.84 bits per heavy atom. The molecule has 0 bridgehead atoms. The Labute approximate surface area is 189 Å². The second kappa shape index (κ2) is 8.16. The zero-order valence-electron chi connectivity index (χ0n) is 17.4. The van der Waals surface area contributed by atoms with Crippen LogP contribution in [0.25, 0.3) is 5.65 Å². The van der Waals surface area contributed by atoms with Crippen molar-refractivity contribution in [1.29, 1.82) is 0 Å². The SMILES string of the molecule is O=C(NC1CCC2(CCCN(c3ccc(F)cc3Cl)C2=O)CC1)c1cnn2cccnc12. The maximum atomic E-state index is 13.5. The van der Waals surface area contributed by atoms with Crippen molar-refractivity contribution in [2.45, 2.75) is 44.6 Å².